The zero-order chi connectivity index (χ0) is 20.8. The molecule has 4 rings (SSSR count). The number of likely N-dealkylation sites (tertiary alicyclic amines) is 1. The molecular formula is C24H26N4O2. The second-order valence-corrected chi connectivity index (χ2v) is 7.48. The van der Waals surface area contributed by atoms with E-state index in [4.69, 9.17) is 4.98 Å². The first-order chi connectivity index (χ1) is 14.7. The number of carbonyl (C=O) groups is 2. The number of amides is 2. The van der Waals surface area contributed by atoms with Gasteiger partial charge in [0, 0.05) is 32.1 Å². The molecule has 30 heavy (non-hydrogen) atoms. The molecule has 2 aromatic carbocycles. The fraction of sp³-hybridized carbons (Fsp3) is 0.292. The van der Waals surface area contributed by atoms with Crippen LogP contribution in [0.15, 0.2) is 60.7 Å². The lowest BCUT2D eigenvalue weighted by Gasteiger charge is -2.17. The lowest BCUT2D eigenvalue weighted by atomic mass is 10.2. The van der Waals surface area contributed by atoms with Crippen LogP contribution in [-0.2, 0) is 22.6 Å². The Balaban J connectivity index is 1.41. The first-order valence-electron chi connectivity index (χ1n) is 10.4. The Labute approximate surface area is 176 Å². The van der Waals surface area contributed by atoms with Crippen molar-refractivity contribution >= 4 is 28.9 Å². The molecule has 1 fully saturated rings. The van der Waals surface area contributed by atoms with Crippen LogP contribution in [0.1, 0.15) is 24.2 Å². The minimum atomic E-state index is -0.144. The summed E-state index contributed by atoms with van der Waals surface area (Å²) in [5.74, 6) is 0.803. The predicted molar refractivity (Wildman–Crippen MR) is 118 cm³/mol. The molecule has 2 amide bonds. The van der Waals surface area contributed by atoms with Gasteiger partial charge in [0.05, 0.1) is 11.0 Å². The number of para-hydroxylation sites is 2. The van der Waals surface area contributed by atoms with Gasteiger partial charge in [0.25, 0.3) is 0 Å². The molecule has 0 spiro atoms. The van der Waals surface area contributed by atoms with E-state index in [0.29, 0.717) is 13.0 Å². The summed E-state index contributed by atoms with van der Waals surface area (Å²) in [6, 6.07) is 17.6. The van der Waals surface area contributed by atoms with Crippen LogP contribution in [0.2, 0.25) is 0 Å². The van der Waals surface area contributed by atoms with E-state index in [2.05, 4.69) is 5.32 Å². The third-order valence-corrected chi connectivity index (χ3v) is 5.36. The number of fused-ring (bicyclic) bond motifs is 1. The van der Waals surface area contributed by atoms with Gasteiger partial charge in [0.1, 0.15) is 12.4 Å². The van der Waals surface area contributed by atoms with E-state index in [1.807, 2.05) is 64.1 Å². The van der Waals surface area contributed by atoms with Crippen molar-refractivity contribution in [1.29, 1.82) is 0 Å². The summed E-state index contributed by atoms with van der Waals surface area (Å²) >= 11 is 0. The molecule has 6 nitrogen and oxygen atoms in total. The second-order valence-electron chi connectivity index (χ2n) is 7.48. The number of benzene rings is 2. The first-order valence-corrected chi connectivity index (χ1v) is 10.4. The fourth-order valence-corrected chi connectivity index (χ4v) is 3.79. The van der Waals surface area contributed by atoms with Crippen molar-refractivity contribution < 1.29 is 9.59 Å². The highest BCUT2D eigenvalue weighted by atomic mass is 16.2. The molecule has 2 heterocycles. The Hall–Kier alpha value is -3.41. The van der Waals surface area contributed by atoms with E-state index in [1.165, 1.54) is 6.08 Å². The van der Waals surface area contributed by atoms with E-state index < -0.39 is 0 Å². The highest BCUT2D eigenvalue weighted by Gasteiger charge is 2.20. The molecule has 6 heteroatoms. The van der Waals surface area contributed by atoms with Gasteiger partial charge in [-0.15, -0.1) is 0 Å². The standard InChI is InChI=1S/C24H26N4O2/c29-23(13-12-19-8-2-1-3-9-19)25-15-14-22-26-20-10-4-5-11-21(20)28(22)18-24(30)27-16-6-7-17-27/h1-5,8-13H,6-7,14-18H2,(H,25,29)/b13-12+. The fourth-order valence-electron chi connectivity index (χ4n) is 3.79. The molecule has 1 saturated heterocycles. The zero-order valence-electron chi connectivity index (χ0n) is 17.0. The average molecular weight is 402 g/mol. The van der Waals surface area contributed by atoms with Gasteiger partial charge < -0.3 is 14.8 Å². The smallest absolute Gasteiger partial charge is 0.244 e. The molecule has 0 radical (unpaired) electrons. The van der Waals surface area contributed by atoms with Crippen LogP contribution in [0.4, 0.5) is 0 Å². The van der Waals surface area contributed by atoms with Crippen molar-refractivity contribution in [3.8, 4) is 0 Å². The number of hydrogen-bond acceptors (Lipinski definition) is 3. The van der Waals surface area contributed by atoms with Gasteiger partial charge >= 0.3 is 0 Å². The predicted octanol–water partition coefficient (Wildman–Crippen LogP) is 3.03. The minimum Gasteiger partial charge on any atom is -0.352 e. The molecule has 1 aliphatic heterocycles. The van der Waals surface area contributed by atoms with Crippen molar-refractivity contribution in [1.82, 2.24) is 19.8 Å². The van der Waals surface area contributed by atoms with Crippen molar-refractivity contribution in [3.05, 3.63) is 72.1 Å². The van der Waals surface area contributed by atoms with Gasteiger partial charge in [-0.05, 0) is 36.6 Å². The average Bonchev–Trinajstić information content (AvgIpc) is 3.42. The highest BCUT2D eigenvalue weighted by Crippen LogP contribution is 2.18. The quantitative estimate of drug-likeness (QED) is 0.618. The van der Waals surface area contributed by atoms with Crippen LogP contribution in [0.25, 0.3) is 17.1 Å². The Morgan fingerprint density at radius 1 is 1.00 bits per heavy atom. The van der Waals surface area contributed by atoms with Gasteiger partial charge in [-0.25, -0.2) is 4.98 Å². The van der Waals surface area contributed by atoms with Crippen molar-refractivity contribution in [3.63, 3.8) is 0 Å². The summed E-state index contributed by atoms with van der Waals surface area (Å²) in [6.07, 6.45) is 6.04. The third kappa shape index (κ3) is 4.76. The lowest BCUT2D eigenvalue weighted by molar-refractivity contribution is -0.130. The summed E-state index contributed by atoms with van der Waals surface area (Å²) < 4.78 is 1.99. The van der Waals surface area contributed by atoms with Crippen LogP contribution < -0.4 is 5.32 Å². The van der Waals surface area contributed by atoms with Gasteiger partial charge in [-0.1, -0.05) is 42.5 Å². The van der Waals surface area contributed by atoms with Gasteiger partial charge in [-0.2, -0.15) is 0 Å². The van der Waals surface area contributed by atoms with E-state index in [0.717, 1.165) is 48.4 Å². The highest BCUT2D eigenvalue weighted by molar-refractivity contribution is 5.91. The summed E-state index contributed by atoms with van der Waals surface area (Å²) in [6.45, 7) is 2.42. The number of nitrogens with zero attached hydrogens (tertiary/aromatic N) is 3. The van der Waals surface area contributed by atoms with Gasteiger partial charge in [0.15, 0.2) is 0 Å². The zero-order valence-corrected chi connectivity index (χ0v) is 17.0. The topological polar surface area (TPSA) is 67.2 Å². The maximum Gasteiger partial charge on any atom is 0.244 e. The summed E-state index contributed by atoms with van der Waals surface area (Å²) in [4.78, 5) is 31.5. The Kier molecular flexibility index (Phi) is 6.23. The number of imidazole rings is 1. The largest absolute Gasteiger partial charge is 0.352 e. The maximum atomic E-state index is 12.7. The molecule has 1 aliphatic rings. The molecule has 154 valence electrons. The monoisotopic (exact) mass is 402 g/mol. The van der Waals surface area contributed by atoms with Crippen LogP contribution >= 0.6 is 0 Å². The summed E-state index contributed by atoms with van der Waals surface area (Å²) in [5.41, 5.74) is 2.81. The van der Waals surface area contributed by atoms with Crippen LogP contribution in [0.5, 0.6) is 0 Å². The number of hydrogen-bond donors (Lipinski definition) is 1. The third-order valence-electron chi connectivity index (χ3n) is 5.36. The first kappa shape index (κ1) is 19.9. The van der Waals surface area contributed by atoms with Crippen molar-refractivity contribution in [2.45, 2.75) is 25.8 Å². The molecule has 1 aromatic heterocycles. The Morgan fingerprint density at radius 3 is 2.53 bits per heavy atom. The molecule has 0 aliphatic carbocycles. The number of carbonyl (C=O) groups excluding carboxylic acids is 2. The number of nitrogens with one attached hydrogen (secondary N) is 1. The number of aromatic nitrogens is 2. The minimum absolute atomic E-state index is 0.131. The van der Waals surface area contributed by atoms with Crippen LogP contribution in [0.3, 0.4) is 0 Å². The molecule has 1 N–H and O–H groups in total. The molecule has 0 bridgehead atoms. The van der Waals surface area contributed by atoms with E-state index in [-0.39, 0.29) is 18.4 Å². The van der Waals surface area contributed by atoms with Gasteiger partial charge in [0.2, 0.25) is 11.8 Å². The second kappa shape index (κ2) is 9.39. The van der Waals surface area contributed by atoms with E-state index in [9.17, 15) is 9.59 Å². The maximum absolute atomic E-state index is 12.7. The van der Waals surface area contributed by atoms with E-state index in [1.54, 1.807) is 6.08 Å². The van der Waals surface area contributed by atoms with Crippen LogP contribution in [-0.4, -0.2) is 45.9 Å². The Morgan fingerprint density at radius 2 is 1.73 bits per heavy atom. The Bertz CT molecular complexity index is 1050. The normalized spacial score (nSPS) is 13.9. The molecule has 0 unspecified atom stereocenters. The molecule has 0 saturated carbocycles. The van der Waals surface area contributed by atoms with Crippen molar-refractivity contribution in [2.75, 3.05) is 19.6 Å². The summed E-state index contributed by atoms with van der Waals surface area (Å²) in [7, 11) is 0. The molecule has 3 aromatic rings. The van der Waals surface area contributed by atoms with Crippen molar-refractivity contribution in [2.24, 2.45) is 0 Å². The van der Waals surface area contributed by atoms with Gasteiger partial charge in [-0.3, -0.25) is 9.59 Å². The number of rotatable bonds is 7. The lowest BCUT2D eigenvalue weighted by Crippen LogP contribution is -2.32. The molecule has 0 atom stereocenters. The summed E-state index contributed by atoms with van der Waals surface area (Å²) in [5, 5.41) is 2.91. The SMILES string of the molecule is O=C(/C=C/c1ccccc1)NCCc1nc2ccccc2n1CC(=O)N1CCCC1. The van der Waals surface area contributed by atoms with Crippen LogP contribution in [0, 0.1) is 0 Å². The molecular weight excluding hydrogens is 376 g/mol. The van der Waals surface area contributed by atoms with E-state index >= 15 is 0 Å².